The molecule has 100 valence electrons. The molecule has 0 saturated heterocycles. The predicted molar refractivity (Wildman–Crippen MR) is 80.9 cm³/mol. The first-order chi connectivity index (χ1) is 9.11. The molecular formula is C15H16BrNO2. The number of phenols is 1. The van der Waals surface area contributed by atoms with Crippen LogP contribution in [0.4, 0.5) is 5.69 Å². The summed E-state index contributed by atoms with van der Waals surface area (Å²) in [6.07, 6.45) is 0. The molecule has 0 fully saturated rings. The summed E-state index contributed by atoms with van der Waals surface area (Å²) >= 11 is 3.32. The number of hydrogen-bond acceptors (Lipinski definition) is 3. The van der Waals surface area contributed by atoms with E-state index in [1.54, 1.807) is 7.11 Å². The van der Waals surface area contributed by atoms with Crippen LogP contribution >= 0.6 is 15.9 Å². The monoisotopic (exact) mass is 321 g/mol. The average molecular weight is 322 g/mol. The Bertz CT molecular complexity index is 584. The van der Waals surface area contributed by atoms with Crippen LogP contribution in [0.1, 0.15) is 11.1 Å². The maximum absolute atomic E-state index is 9.76. The fourth-order valence-electron chi connectivity index (χ4n) is 1.85. The van der Waals surface area contributed by atoms with Crippen LogP contribution < -0.4 is 10.1 Å². The maximum Gasteiger partial charge on any atom is 0.172 e. The third-order valence-corrected chi connectivity index (χ3v) is 3.54. The molecule has 0 saturated carbocycles. The SMILES string of the molecule is COc1cc(CNc2ccccc2C)cc(Br)c1O. The molecule has 0 radical (unpaired) electrons. The van der Waals surface area contributed by atoms with Gasteiger partial charge in [-0.15, -0.1) is 0 Å². The van der Waals surface area contributed by atoms with E-state index in [0.29, 0.717) is 16.8 Å². The predicted octanol–water partition coefficient (Wildman–Crippen LogP) is 4.08. The second-order valence-electron chi connectivity index (χ2n) is 4.30. The molecule has 4 heteroatoms. The molecule has 0 aliphatic carbocycles. The molecular weight excluding hydrogens is 306 g/mol. The zero-order valence-corrected chi connectivity index (χ0v) is 12.5. The van der Waals surface area contributed by atoms with Gasteiger partial charge < -0.3 is 15.2 Å². The molecule has 0 aliphatic heterocycles. The summed E-state index contributed by atoms with van der Waals surface area (Å²) < 4.78 is 5.77. The summed E-state index contributed by atoms with van der Waals surface area (Å²) in [5.74, 6) is 0.595. The van der Waals surface area contributed by atoms with Crippen molar-refractivity contribution < 1.29 is 9.84 Å². The summed E-state index contributed by atoms with van der Waals surface area (Å²) in [5, 5.41) is 13.1. The number of aromatic hydroxyl groups is 1. The second kappa shape index (κ2) is 5.97. The van der Waals surface area contributed by atoms with Gasteiger partial charge in [0, 0.05) is 12.2 Å². The van der Waals surface area contributed by atoms with Crippen LogP contribution in [0.25, 0.3) is 0 Å². The third kappa shape index (κ3) is 3.20. The van der Waals surface area contributed by atoms with Crippen LogP contribution in [0.15, 0.2) is 40.9 Å². The van der Waals surface area contributed by atoms with Gasteiger partial charge in [0.2, 0.25) is 0 Å². The fraction of sp³-hybridized carbons (Fsp3) is 0.200. The van der Waals surface area contributed by atoms with Gasteiger partial charge in [-0.2, -0.15) is 0 Å². The number of methoxy groups -OCH3 is 1. The lowest BCUT2D eigenvalue weighted by atomic mass is 10.1. The summed E-state index contributed by atoms with van der Waals surface area (Å²) in [6.45, 7) is 2.73. The van der Waals surface area contributed by atoms with Crippen molar-refractivity contribution in [3.05, 3.63) is 52.0 Å². The normalized spacial score (nSPS) is 10.3. The lowest BCUT2D eigenvalue weighted by Gasteiger charge is -2.12. The van der Waals surface area contributed by atoms with Crippen molar-refractivity contribution >= 4 is 21.6 Å². The second-order valence-corrected chi connectivity index (χ2v) is 5.15. The highest BCUT2D eigenvalue weighted by Crippen LogP contribution is 2.35. The van der Waals surface area contributed by atoms with E-state index in [9.17, 15) is 5.11 Å². The van der Waals surface area contributed by atoms with Gasteiger partial charge in [0.15, 0.2) is 11.5 Å². The van der Waals surface area contributed by atoms with E-state index in [1.807, 2.05) is 30.3 Å². The Morgan fingerprint density at radius 1 is 1.26 bits per heavy atom. The zero-order valence-electron chi connectivity index (χ0n) is 10.9. The van der Waals surface area contributed by atoms with Crippen molar-refractivity contribution in [1.82, 2.24) is 0 Å². The molecule has 0 bridgehead atoms. The number of halogens is 1. The van der Waals surface area contributed by atoms with Crippen LogP contribution in [0, 0.1) is 6.92 Å². The number of hydrogen-bond donors (Lipinski definition) is 2. The average Bonchev–Trinajstić information content (AvgIpc) is 2.41. The van der Waals surface area contributed by atoms with E-state index in [0.717, 1.165) is 11.3 Å². The minimum atomic E-state index is 0.127. The van der Waals surface area contributed by atoms with Crippen molar-refractivity contribution in [3.8, 4) is 11.5 Å². The largest absolute Gasteiger partial charge is 0.503 e. The van der Waals surface area contributed by atoms with E-state index < -0.39 is 0 Å². The smallest absolute Gasteiger partial charge is 0.172 e. The third-order valence-electron chi connectivity index (χ3n) is 2.94. The van der Waals surface area contributed by atoms with E-state index in [2.05, 4.69) is 34.2 Å². The van der Waals surface area contributed by atoms with Gasteiger partial charge >= 0.3 is 0 Å². The number of benzene rings is 2. The minimum absolute atomic E-state index is 0.127. The first kappa shape index (κ1) is 13.7. The minimum Gasteiger partial charge on any atom is -0.503 e. The van der Waals surface area contributed by atoms with E-state index >= 15 is 0 Å². The van der Waals surface area contributed by atoms with Crippen molar-refractivity contribution in [1.29, 1.82) is 0 Å². The Hall–Kier alpha value is -1.68. The number of nitrogens with one attached hydrogen (secondary N) is 1. The van der Waals surface area contributed by atoms with Crippen molar-refractivity contribution in [2.24, 2.45) is 0 Å². The summed E-state index contributed by atoms with van der Waals surface area (Å²) in [7, 11) is 1.54. The van der Waals surface area contributed by atoms with Crippen LogP contribution in [-0.2, 0) is 6.54 Å². The van der Waals surface area contributed by atoms with E-state index in [1.165, 1.54) is 5.56 Å². The zero-order chi connectivity index (χ0) is 13.8. The molecule has 3 nitrogen and oxygen atoms in total. The van der Waals surface area contributed by atoms with Crippen LogP contribution in [0.2, 0.25) is 0 Å². The topological polar surface area (TPSA) is 41.5 Å². The molecule has 19 heavy (non-hydrogen) atoms. The van der Waals surface area contributed by atoms with Gasteiger partial charge in [-0.25, -0.2) is 0 Å². The molecule has 0 spiro atoms. The Balaban J connectivity index is 2.16. The lowest BCUT2D eigenvalue weighted by molar-refractivity contribution is 0.371. The molecule has 0 unspecified atom stereocenters. The van der Waals surface area contributed by atoms with Gasteiger partial charge in [-0.05, 0) is 52.2 Å². The van der Waals surface area contributed by atoms with Crippen LogP contribution in [0.3, 0.4) is 0 Å². The van der Waals surface area contributed by atoms with Crippen molar-refractivity contribution in [3.63, 3.8) is 0 Å². The van der Waals surface area contributed by atoms with Crippen molar-refractivity contribution in [2.75, 3.05) is 12.4 Å². The molecule has 0 aliphatic rings. The first-order valence-corrected chi connectivity index (χ1v) is 6.76. The number of anilines is 1. The van der Waals surface area contributed by atoms with Crippen LogP contribution in [0.5, 0.6) is 11.5 Å². The fourth-order valence-corrected chi connectivity index (χ4v) is 2.34. The molecule has 2 aromatic rings. The van der Waals surface area contributed by atoms with Gasteiger partial charge in [0.1, 0.15) is 0 Å². The number of phenolic OH excluding ortho intramolecular Hbond substituents is 1. The molecule has 2 N–H and O–H groups in total. The van der Waals surface area contributed by atoms with E-state index in [4.69, 9.17) is 4.74 Å². The van der Waals surface area contributed by atoms with Crippen molar-refractivity contribution in [2.45, 2.75) is 13.5 Å². The first-order valence-electron chi connectivity index (χ1n) is 5.96. The standard InChI is InChI=1S/C15H16BrNO2/c1-10-5-3-4-6-13(10)17-9-11-7-12(16)15(18)14(8-11)19-2/h3-8,17-18H,9H2,1-2H3. The Morgan fingerprint density at radius 2 is 2.00 bits per heavy atom. The summed E-state index contributed by atoms with van der Waals surface area (Å²) in [6, 6.07) is 11.8. The lowest BCUT2D eigenvalue weighted by Crippen LogP contribution is -2.01. The number of rotatable bonds is 4. The molecule has 2 aromatic carbocycles. The summed E-state index contributed by atoms with van der Waals surface area (Å²) in [4.78, 5) is 0. The number of ether oxygens (including phenoxy) is 1. The molecule has 0 amide bonds. The molecule has 0 heterocycles. The number of para-hydroxylation sites is 1. The highest BCUT2D eigenvalue weighted by atomic mass is 79.9. The van der Waals surface area contributed by atoms with Crippen LogP contribution in [-0.4, -0.2) is 12.2 Å². The van der Waals surface area contributed by atoms with Gasteiger partial charge in [-0.1, -0.05) is 18.2 Å². The Kier molecular flexibility index (Phi) is 4.32. The highest BCUT2D eigenvalue weighted by Gasteiger charge is 2.08. The Morgan fingerprint density at radius 3 is 2.68 bits per heavy atom. The summed E-state index contributed by atoms with van der Waals surface area (Å²) in [5.41, 5.74) is 3.34. The maximum atomic E-state index is 9.76. The molecule has 0 atom stereocenters. The number of aryl methyl sites for hydroxylation is 1. The van der Waals surface area contributed by atoms with Gasteiger partial charge in [-0.3, -0.25) is 0 Å². The van der Waals surface area contributed by atoms with E-state index in [-0.39, 0.29) is 5.75 Å². The quantitative estimate of drug-likeness (QED) is 0.891. The van der Waals surface area contributed by atoms with Gasteiger partial charge in [0.25, 0.3) is 0 Å². The molecule has 2 rings (SSSR count). The molecule has 0 aromatic heterocycles. The Labute approximate surface area is 121 Å². The van der Waals surface area contributed by atoms with Gasteiger partial charge in [0.05, 0.1) is 11.6 Å². The highest BCUT2D eigenvalue weighted by molar-refractivity contribution is 9.10.